The molecule has 1 saturated heterocycles. The monoisotopic (exact) mass is 473 g/mol. The van der Waals surface area contributed by atoms with Crippen molar-refractivity contribution in [1.29, 1.82) is 0 Å². The first-order chi connectivity index (χ1) is 15.7. The zero-order valence-electron chi connectivity index (χ0n) is 19.8. The van der Waals surface area contributed by atoms with Crippen LogP contribution < -0.4 is 10.7 Å². The number of rotatable bonds is 5. The van der Waals surface area contributed by atoms with Gasteiger partial charge in [-0.3, -0.25) is 9.59 Å². The van der Waals surface area contributed by atoms with Crippen molar-refractivity contribution < 1.29 is 13.2 Å². The topological polar surface area (TPSA) is 88.5 Å². The number of carbonyl (C=O) groups excluding carboxylic acids is 1. The van der Waals surface area contributed by atoms with Gasteiger partial charge in [0.25, 0.3) is 5.91 Å². The van der Waals surface area contributed by atoms with E-state index in [-0.39, 0.29) is 27.8 Å². The summed E-state index contributed by atoms with van der Waals surface area (Å²) in [4.78, 5) is 26.6. The number of nitrogens with zero attached hydrogens (tertiary/aromatic N) is 2. The van der Waals surface area contributed by atoms with Crippen LogP contribution in [0.2, 0.25) is 0 Å². The number of carbonyl (C=O) groups is 1. The Balaban J connectivity index is 1.72. The summed E-state index contributed by atoms with van der Waals surface area (Å²) in [5.74, 6) is 0.513. The van der Waals surface area contributed by atoms with E-state index in [0.29, 0.717) is 37.0 Å². The van der Waals surface area contributed by atoms with Gasteiger partial charge in [0.15, 0.2) is 0 Å². The van der Waals surface area contributed by atoms with Gasteiger partial charge in [-0.05, 0) is 62.6 Å². The number of hydrogen-bond donors (Lipinski definition) is 1. The summed E-state index contributed by atoms with van der Waals surface area (Å²) in [6.07, 6.45) is 7.49. The van der Waals surface area contributed by atoms with Gasteiger partial charge in [-0.25, -0.2) is 8.42 Å². The van der Waals surface area contributed by atoms with Crippen molar-refractivity contribution in [3.63, 3.8) is 0 Å². The van der Waals surface area contributed by atoms with Crippen LogP contribution in [0.3, 0.4) is 0 Å². The van der Waals surface area contributed by atoms with Crippen molar-refractivity contribution in [2.24, 2.45) is 11.8 Å². The number of pyridine rings is 1. The molecule has 0 unspecified atom stereocenters. The Bertz CT molecular complexity index is 1200. The van der Waals surface area contributed by atoms with Crippen LogP contribution in [0.4, 0.5) is 0 Å². The first-order valence-electron chi connectivity index (χ1n) is 12.2. The lowest BCUT2D eigenvalue weighted by molar-refractivity contribution is 0.0908. The molecule has 0 bridgehead atoms. The summed E-state index contributed by atoms with van der Waals surface area (Å²) < 4.78 is 29.9. The average molecular weight is 474 g/mol. The fourth-order valence-corrected chi connectivity index (χ4v) is 6.61. The summed E-state index contributed by atoms with van der Waals surface area (Å²) in [6, 6.07) is 4.77. The van der Waals surface area contributed by atoms with Gasteiger partial charge in [-0.2, -0.15) is 4.31 Å². The minimum absolute atomic E-state index is 0.0598. The van der Waals surface area contributed by atoms with E-state index < -0.39 is 15.5 Å². The molecule has 2 heterocycles. The van der Waals surface area contributed by atoms with Gasteiger partial charge >= 0.3 is 0 Å². The average Bonchev–Trinajstić information content (AvgIpc) is 2.81. The standard InChI is InChI=1S/C25H35N3O4S/c1-4-27-16-21(25(30)26-22-8-6-5-7-18(22)3)24(29)20-15-19(9-10-23(20)27)33(31,32)28-13-11-17(2)12-14-28/h9-10,15-18,22H,4-8,11-14H2,1-3H3,(H,26,30)/t18-,22-/m1/s1. The maximum Gasteiger partial charge on any atom is 0.256 e. The van der Waals surface area contributed by atoms with Crippen molar-refractivity contribution in [1.82, 2.24) is 14.2 Å². The lowest BCUT2D eigenvalue weighted by atomic mass is 9.86. The van der Waals surface area contributed by atoms with Crippen LogP contribution in [0, 0.1) is 11.8 Å². The van der Waals surface area contributed by atoms with E-state index >= 15 is 0 Å². The summed E-state index contributed by atoms with van der Waals surface area (Å²) in [7, 11) is -3.69. The molecule has 1 aromatic heterocycles. The Morgan fingerprint density at radius 3 is 2.45 bits per heavy atom. The fourth-order valence-electron chi connectivity index (χ4n) is 5.11. The number of amides is 1. The number of nitrogens with one attached hydrogen (secondary N) is 1. The van der Waals surface area contributed by atoms with Gasteiger partial charge in [0, 0.05) is 37.3 Å². The molecule has 0 spiro atoms. The molecule has 8 heteroatoms. The molecule has 0 radical (unpaired) electrons. The first kappa shape index (κ1) is 24.0. The molecule has 7 nitrogen and oxygen atoms in total. The number of piperidine rings is 1. The molecule has 1 N–H and O–H groups in total. The Kier molecular flexibility index (Phi) is 6.96. The maximum absolute atomic E-state index is 13.4. The Morgan fingerprint density at radius 1 is 1.09 bits per heavy atom. The predicted molar refractivity (Wildman–Crippen MR) is 130 cm³/mol. The van der Waals surface area contributed by atoms with E-state index in [1.165, 1.54) is 16.8 Å². The lowest BCUT2D eigenvalue weighted by Crippen LogP contribution is -2.42. The van der Waals surface area contributed by atoms with Crippen molar-refractivity contribution in [3.05, 3.63) is 40.2 Å². The molecule has 2 atom stereocenters. The van der Waals surface area contributed by atoms with E-state index in [9.17, 15) is 18.0 Å². The van der Waals surface area contributed by atoms with Crippen LogP contribution in [-0.2, 0) is 16.6 Å². The SMILES string of the molecule is CCn1cc(C(=O)N[C@@H]2CCCC[C@H]2C)c(=O)c2cc(S(=O)(=O)N3CCC(C)CC3)ccc21. The van der Waals surface area contributed by atoms with Crippen molar-refractivity contribution in [2.75, 3.05) is 13.1 Å². The highest BCUT2D eigenvalue weighted by atomic mass is 32.2. The quantitative estimate of drug-likeness (QED) is 0.716. The van der Waals surface area contributed by atoms with Gasteiger partial charge in [-0.1, -0.05) is 26.7 Å². The van der Waals surface area contributed by atoms with Crippen LogP contribution in [0.1, 0.15) is 69.7 Å². The molecule has 1 amide bonds. The fraction of sp³-hybridized carbons (Fsp3) is 0.600. The van der Waals surface area contributed by atoms with Crippen molar-refractivity contribution in [2.45, 2.75) is 76.8 Å². The Morgan fingerprint density at radius 2 is 1.79 bits per heavy atom. The van der Waals surface area contributed by atoms with E-state index in [4.69, 9.17) is 0 Å². The third-order valence-corrected chi connectivity index (χ3v) is 9.34. The second kappa shape index (κ2) is 9.58. The number of sulfonamides is 1. The summed E-state index contributed by atoms with van der Waals surface area (Å²) in [6.45, 7) is 7.74. The molecule has 1 aliphatic heterocycles. The molecular formula is C25H35N3O4S. The number of aromatic nitrogens is 1. The van der Waals surface area contributed by atoms with Crippen LogP contribution >= 0.6 is 0 Å². The van der Waals surface area contributed by atoms with Crippen LogP contribution in [-0.4, -0.2) is 42.3 Å². The zero-order valence-corrected chi connectivity index (χ0v) is 20.7. The molecule has 1 aliphatic carbocycles. The maximum atomic E-state index is 13.4. The van der Waals surface area contributed by atoms with Gasteiger partial charge in [0.2, 0.25) is 15.5 Å². The zero-order chi connectivity index (χ0) is 23.8. The van der Waals surface area contributed by atoms with Crippen LogP contribution in [0.15, 0.2) is 34.1 Å². The second-order valence-electron chi connectivity index (χ2n) is 9.77. The number of benzene rings is 1. The number of hydrogen-bond acceptors (Lipinski definition) is 4. The highest BCUT2D eigenvalue weighted by Gasteiger charge is 2.29. The minimum atomic E-state index is -3.69. The lowest BCUT2D eigenvalue weighted by Gasteiger charge is -2.29. The molecule has 33 heavy (non-hydrogen) atoms. The molecule has 1 saturated carbocycles. The molecular weight excluding hydrogens is 438 g/mol. The molecule has 2 fully saturated rings. The van der Waals surface area contributed by atoms with Crippen molar-refractivity contribution >= 4 is 26.8 Å². The second-order valence-corrected chi connectivity index (χ2v) is 11.7. The predicted octanol–water partition coefficient (Wildman–Crippen LogP) is 3.75. The highest BCUT2D eigenvalue weighted by Crippen LogP contribution is 2.26. The molecule has 4 rings (SSSR count). The molecule has 2 aromatic rings. The summed E-state index contributed by atoms with van der Waals surface area (Å²) in [5, 5.41) is 3.33. The Labute approximate surface area is 196 Å². The normalized spacial score (nSPS) is 23.0. The largest absolute Gasteiger partial charge is 0.349 e. The molecule has 180 valence electrons. The van der Waals surface area contributed by atoms with Crippen LogP contribution in [0.25, 0.3) is 10.9 Å². The van der Waals surface area contributed by atoms with E-state index in [1.807, 2.05) is 11.5 Å². The molecule has 2 aliphatic rings. The van der Waals surface area contributed by atoms with Crippen LogP contribution in [0.5, 0.6) is 0 Å². The smallest absolute Gasteiger partial charge is 0.256 e. The van der Waals surface area contributed by atoms with Crippen molar-refractivity contribution in [3.8, 4) is 0 Å². The first-order valence-corrected chi connectivity index (χ1v) is 13.6. The van der Waals surface area contributed by atoms with Gasteiger partial charge < -0.3 is 9.88 Å². The third kappa shape index (κ3) is 4.73. The van der Waals surface area contributed by atoms with E-state index in [1.54, 1.807) is 18.3 Å². The third-order valence-electron chi connectivity index (χ3n) is 7.45. The summed E-state index contributed by atoms with van der Waals surface area (Å²) >= 11 is 0. The Hall–Kier alpha value is -2.19. The number of aryl methyl sites for hydroxylation is 1. The van der Waals surface area contributed by atoms with E-state index in [0.717, 1.165) is 32.1 Å². The highest BCUT2D eigenvalue weighted by molar-refractivity contribution is 7.89. The van der Waals surface area contributed by atoms with Gasteiger partial charge in [-0.15, -0.1) is 0 Å². The van der Waals surface area contributed by atoms with Gasteiger partial charge in [0.05, 0.1) is 10.4 Å². The summed E-state index contributed by atoms with van der Waals surface area (Å²) in [5.41, 5.74) is 0.291. The molecule has 1 aromatic carbocycles. The number of fused-ring (bicyclic) bond motifs is 1. The van der Waals surface area contributed by atoms with Gasteiger partial charge in [0.1, 0.15) is 5.56 Å². The van der Waals surface area contributed by atoms with E-state index in [2.05, 4.69) is 19.2 Å². The minimum Gasteiger partial charge on any atom is -0.349 e.